The van der Waals surface area contributed by atoms with Gasteiger partial charge < -0.3 is 10.2 Å². The van der Waals surface area contributed by atoms with Crippen LogP contribution in [0.4, 0.5) is 10.1 Å². The minimum Gasteiger partial charge on any atom is -0.355 e. The first-order valence-corrected chi connectivity index (χ1v) is 14.8. The van der Waals surface area contributed by atoms with E-state index >= 15 is 0 Å². The van der Waals surface area contributed by atoms with E-state index in [0.717, 1.165) is 17.4 Å². The summed E-state index contributed by atoms with van der Waals surface area (Å²) in [6, 6.07) is 21.8. The molecule has 7 nitrogen and oxygen atoms in total. The molecule has 0 bridgehead atoms. The molecule has 1 N–H and O–H groups in total. The number of benzene rings is 3. The molecule has 3 rings (SSSR count). The summed E-state index contributed by atoms with van der Waals surface area (Å²) in [4.78, 5) is 28.3. The maximum absolute atomic E-state index is 14.7. The molecule has 3 aromatic carbocycles. The molecule has 1 unspecified atom stereocenters. The minimum absolute atomic E-state index is 0.0168. The lowest BCUT2D eigenvalue weighted by Gasteiger charge is -2.32. The van der Waals surface area contributed by atoms with Crippen molar-refractivity contribution < 1.29 is 22.4 Å². The number of hydrogen-bond acceptors (Lipinski definition) is 4. The van der Waals surface area contributed by atoms with Gasteiger partial charge in [0.2, 0.25) is 21.8 Å². The second-order valence-electron chi connectivity index (χ2n) is 9.44. The molecule has 39 heavy (non-hydrogen) atoms. The molecule has 2 amide bonds. The van der Waals surface area contributed by atoms with Gasteiger partial charge in [-0.2, -0.15) is 0 Å². The van der Waals surface area contributed by atoms with Crippen molar-refractivity contribution in [3.05, 3.63) is 101 Å². The highest BCUT2D eigenvalue weighted by molar-refractivity contribution is 7.92. The Balaban J connectivity index is 1.88. The number of nitrogens with one attached hydrogen (secondary N) is 1. The van der Waals surface area contributed by atoms with Crippen molar-refractivity contribution in [2.45, 2.75) is 45.7 Å². The van der Waals surface area contributed by atoms with Crippen LogP contribution >= 0.6 is 0 Å². The number of sulfonamides is 1. The standard InChI is InChI=1S/C30H36FN3O4S/c1-4-32-30(36)28(21-24-14-6-5-7-15-24)33(22-25-16-9-10-17-26(25)31)29(35)19-12-20-34(39(3,37)38)27-18-11-8-13-23(27)2/h5-11,13-18,28H,4,12,19-22H2,1-3H3,(H,32,36). The fraction of sp³-hybridized carbons (Fsp3) is 0.333. The van der Waals surface area contributed by atoms with Gasteiger partial charge in [0, 0.05) is 38.0 Å². The van der Waals surface area contributed by atoms with Crippen LogP contribution in [0.1, 0.15) is 36.5 Å². The van der Waals surface area contributed by atoms with Gasteiger partial charge in [0.1, 0.15) is 11.9 Å². The number of para-hydroxylation sites is 1. The fourth-order valence-corrected chi connectivity index (χ4v) is 5.50. The summed E-state index contributed by atoms with van der Waals surface area (Å²) >= 11 is 0. The Morgan fingerprint density at radius 2 is 1.59 bits per heavy atom. The molecule has 1 atom stereocenters. The van der Waals surface area contributed by atoms with Gasteiger partial charge in [-0.3, -0.25) is 13.9 Å². The Bertz CT molecular complexity index is 1370. The number of rotatable bonds is 13. The molecular weight excluding hydrogens is 517 g/mol. The van der Waals surface area contributed by atoms with Gasteiger partial charge >= 0.3 is 0 Å². The average Bonchev–Trinajstić information content (AvgIpc) is 2.90. The smallest absolute Gasteiger partial charge is 0.243 e. The predicted octanol–water partition coefficient (Wildman–Crippen LogP) is 4.46. The summed E-state index contributed by atoms with van der Waals surface area (Å²) in [6.45, 7) is 4.01. The maximum atomic E-state index is 14.7. The number of carbonyl (C=O) groups is 2. The molecular formula is C30H36FN3O4S. The monoisotopic (exact) mass is 553 g/mol. The Morgan fingerprint density at radius 3 is 2.23 bits per heavy atom. The summed E-state index contributed by atoms with van der Waals surface area (Å²) < 4.78 is 41.1. The molecule has 0 heterocycles. The lowest BCUT2D eigenvalue weighted by atomic mass is 10.0. The van der Waals surface area contributed by atoms with Gasteiger partial charge in [-0.15, -0.1) is 0 Å². The molecule has 0 saturated heterocycles. The molecule has 0 saturated carbocycles. The van der Waals surface area contributed by atoms with Crippen molar-refractivity contribution in [2.75, 3.05) is 23.7 Å². The van der Waals surface area contributed by atoms with Crippen LogP contribution in [0.2, 0.25) is 0 Å². The zero-order valence-electron chi connectivity index (χ0n) is 22.6. The van der Waals surface area contributed by atoms with E-state index in [2.05, 4.69) is 5.32 Å². The molecule has 208 valence electrons. The van der Waals surface area contributed by atoms with Crippen LogP contribution in [0.25, 0.3) is 0 Å². The van der Waals surface area contributed by atoms with Gasteiger partial charge in [-0.25, -0.2) is 12.8 Å². The Morgan fingerprint density at radius 1 is 0.949 bits per heavy atom. The summed E-state index contributed by atoms with van der Waals surface area (Å²) in [5.41, 5.74) is 2.52. The number of aryl methyl sites for hydroxylation is 1. The number of nitrogens with zero attached hydrogens (tertiary/aromatic N) is 2. The van der Waals surface area contributed by atoms with Crippen LogP contribution in [-0.4, -0.2) is 50.5 Å². The first kappa shape index (κ1) is 29.8. The average molecular weight is 554 g/mol. The number of anilines is 1. The van der Waals surface area contributed by atoms with E-state index < -0.39 is 21.9 Å². The van der Waals surface area contributed by atoms with E-state index in [1.165, 1.54) is 15.3 Å². The van der Waals surface area contributed by atoms with E-state index in [0.29, 0.717) is 17.8 Å². The van der Waals surface area contributed by atoms with Crippen LogP contribution in [0.5, 0.6) is 0 Å². The van der Waals surface area contributed by atoms with Gasteiger partial charge in [-0.1, -0.05) is 66.7 Å². The first-order chi connectivity index (χ1) is 18.6. The maximum Gasteiger partial charge on any atom is 0.243 e. The van der Waals surface area contributed by atoms with Crippen LogP contribution in [-0.2, 0) is 32.6 Å². The highest BCUT2D eigenvalue weighted by Crippen LogP contribution is 2.23. The van der Waals surface area contributed by atoms with E-state index in [1.54, 1.807) is 37.3 Å². The molecule has 0 aromatic heterocycles. The number of amides is 2. The Kier molecular flexibility index (Phi) is 10.6. The van der Waals surface area contributed by atoms with Crippen molar-refractivity contribution >= 4 is 27.5 Å². The van der Waals surface area contributed by atoms with Crippen molar-refractivity contribution in [1.29, 1.82) is 0 Å². The van der Waals surface area contributed by atoms with Crippen LogP contribution in [0, 0.1) is 12.7 Å². The van der Waals surface area contributed by atoms with Crippen molar-refractivity contribution in [2.24, 2.45) is 0 Å². The normalized spacial score (nSPS) is 12.0. The largest absolute Gasteiger partial charge is 0.355 e. The van der Waals surface area contributed by atoms with Crippen molar-refractivity contribution in [3.8, 4) is 0 Å². The molecule has 0 aliphatic heterocycles. The topological polar surface area (TPSA) is 86.8 Å². The Labute approximate surface area is 230 Å². The van der Waals surface area contributed by atoms with Crippen molar-refractivity contribution in [3.63, 3.8) is 0 Å². The van der Waals surface area contributed by atoms with E-state index in [9.17, 15) is 22.4 Å². The summed E-state index contributed by atoms with van der Waals surface area (Å²) in [6.07, 6.45) is 1.60. The van der Waals surface area contributed by atoms with E-state index in [-0.39, 0.29) is 44.2 Å². The van der Waals surface area contributed by atoms with Gasteiger partial charge in [-0.05, 0) is 43.5 Å². The third-order valence-corrected chi connectivity index (χ3v) is 7.64. The third-order valence-electron chi connectivity index (χ3n) is 6.46. The molecule has 0 aliphatic rings. The van der Waals surface area contributed by atoms with E-state index in [1.807, 2.05) is 49.4 Å². The van der Waals surface area contributed by atoms with Crippen LogP contribution < -0.4 is 9.62 Å². The lowest BCUT2D eigenvalue weighted by Crippen LogP contribution is -2.50. The number of carbonyl (C=O) groups excluding carboxylic acids is 2. The number of halogens is 1. The van der Waals surface area contributed by atoms with Crippen molar-refractivity contribution in [1.82, 2.24) is 10.2 Å². The second kappa shape index (κ2) is 13.9. The molecule has 0 aliphatic carbocycles. The number of hydrogen-bond donors (Lipinski definition) is 1. The Hall–Kier alpha value is -3.72. The fourth-order valence-electron chi connectivity index (χ4n) is 4.48. The molecule has 9 heteroatoms. The van der Waals surface area contributed by atoms with Crippen LogP contribution in [0.15, 0.2) is 78.9 Å². The van der Waals surface area contributed by atoms with Gasteiger partial charge in [0.05, 0.1) is 11.9 Å². The summed E-state index contributed by atoms with van der Waals surface area (Å²) in [7, 11) is -3.60. The molecule has 3 aromatic rings. The highest BCUT2D eigenvalue weighted by Gasteiger charge is 2.31. The van der Waals surface area contributed by atoms with E-state index in [4.69, 9.17) is 0 Å². The molecule has 0 radical (unpaired) electrons. The molecule has 0 spiro atoms. The van der Waals surface area contributed by atoms with Gasteiger partial charge in [0.25, 0.3) is 0 Å². The van der Waals surface area contributed by atoms with Gasteiger partial charge in [0.15, 0.2) is 0 Å². The molecule has 0 fully saturated rings. The highest BCUT2D eigenvalue weighted by atomic mass is 32.2. The second-order valence-corrected chi connectivity index (χ2v) is 11.3. The quantitative estimate of drug-likeness (QED) is 0.339. The number of likely N-dealkylation sites (N-methyl/N-ethyl adjacent to an activating group) is 1. The van der Waals surface area contributed by atoms with Crippen LogP contribution in [0.3, 0.4) is 0 Å². The first-order valence-electron chi connectivity index (χ1n) is 13.0. The lowest BCUT2D eigenvalue weighted by molar-refractivity contribution is -0.141. The predicted molar refractivity (Wildman–Crippen MR) is 152 cm³/mol. The zero-order chi connectivity index (χ0) is 28.4. The summed E-state index contributed by atoms with van der Waals surface area (Å²) in [5, 5.41) is 2.81. The zero-order valence-corrected chi connectivity index (χ0v) is 23.5. The summed E-state index contributed by atoms with van der Waals surface area (Å²) in [5.74, 6) is -1.15. The SMILES string of the molecule is CCNC(=O)C(Cc1ccccc1)N(Cc1ccccc1F)C(=O)CCCN(c1ccccc1C)S(C)(=O)=O. The third kappa shape index (κ3) is 8.38. The minimum atomic E-state index is -3.60.